The van der Waals surface area contributed by atoms with Gasteiger partial charge in [-0.05, 0) is 25.6 Å². The average Bonchev–Trinajstić information content (AvgIpc) is 2.51. The number of hydrogen-bond donors (Lipinski definition) is 1. The number of carbonyl (C=O) groups is 1. The van der Waals surface area contributed by atoms with Crippen LogP contribution in [-0.2, 0) is 0 Å². The van der Waals surface area contributed by atoms with Crippen molar-refractivity contribution in [3.63, 3.8) is 0 Å². The molecule has 1 aliphatic heterocycles. The highest BCUT2D eigenvalue weighted by molar-refractivity contribution is 5.94. The first-order valence-corrected chi connectivity index (χ1v) is 7.98. The van der Waals surface area contributed by atoms with Crippen LogP contribution in [0.15, 0.2) is 18.2 Å². The van der Waals surface area contributed by atoms with Crippen LogP contribution in [-0.4, -0.2) is 85.2 Å². The van der Waals surface area contributed by atoms with Crippen LogP contribution in [0, 0.1) is 12.7 Å². The predicted molar refractivity (Wildman–Crippen MR) is 88.0 cm³/mol. The number of aryl methyl sites for hydroxylation is 1. The van der Waals surface area contributed by atoms with E-state index in [2.05, 4.69) is 16.8 Å². The summed E-state index contributed by atoms with van der Waals surface area (Å²) in [6.45, 7) is 6.15. The fourth-order valence-electron chi connectivity index (χ4n) is 2.80. The second-order valence-corrected chi connectivity index (χ2v) is 6.38. The number of aliphatic hydroxyl groups is 1. The van der Waals surface area contributed by atoms with E-state index in [1.807, 2.05) is 0 Å². The Hall–Kier alpha value is -1.50. The van der Waals surface area contributed by atoms with Crippen molar-refractivity contribution in [2.75, 3.05) is 53.4 Å². The number of benzene rings is 1. The summed E-state index contributed by atoms with van der Waals surface area (Å²) < 4.78 is 14.0. The van der Waals surface area contributed by atoms with Crippen LogP contribution in [0.4, 0.5) is 4.39 Å². The molecule has 128 valence electrons. The summed E-state index contributed by atoms with van der Waals surface area (Å²) in [6.07, 6.45) is -0.639. The summed E-state index contributed by atoms with van der Waals surface area (Å²) in [6, 6.07) is 4.78. The van der Waals surface area contributed by atoms with Crippen molar-refractivity contribution in [3.05, 3.63) is 35.1 Å². The van der Waals surface area contributed by atoms with Gasteiger partial charge in [-0.15, -0.1) is 0 Å². The molecule has 1 N–H and O–H groups in total. The number of carbonyl (C=O) groups excluding carboxylic acids is 1. The molecule has 0 aliphatic carbocycles. The molecule has 0 saturated carbocycles. The van der Waals surface area contributed by atoms with Gasteiger partial charge in [-0.1, -0.05) is 12.1 Å². The van der Waals surface area contributed by atoms with E-state index >= 15 is 0 Å². The predicted octanol–water partition coefficient (Wildman–Crippen LogP) is 0.814. The molecule has 0 radical (unpaired) electrons. The highest BCUT2D eigenvalue weighted by Crippen LogP contribution is 2.14. The maximum Gasteiger partial charge on any atom is 0.256 e. The van der Waals surface area contributed by atoms with Crippen molar-refractivity contribution in [1.82, 2.24) is 14.7 Å². The molecule has 0 aromatic heterocycles. The number of aliphatic hydroxyl groups excluding tert-OH is 1. The van der Waals surface area contributed by atoms with Gasteiger partial charge in [0.2, 0.25) is 0 Å². The van der Waals surface area contributed by atoms with Crippen molar-refractivity contribution < 1.29 is 14.3 Å². The zero-order valence-corrected chi connectivity index (χ0v) is 14.1. The number of likely N-dealkylation sites (N-methyl/N-ethyl adjacent to an activating group) is 2. The third kappa shape index (κ3) is 4.73. The minimum atomic E-state index is -0.639. The summed E-state index contributed by atoms with van der Waals surface area (Å²) >= 11 is 0. The van der Waals surface area contributed by atoms with Gasteiger partial charge in [0.15, 0.2) is 0 Å². The Kier molecular flexibility index (Phi) is 6.10. The fraction of sp³-hybridized carbons (Fsp3) is 0.588. The summed E-state index contributed by atoms with van der Waals surface area (Å²) in [4.78, 5) is 18.2. The molecule has 1 aromatic rings. The lowest BCUT2D eigenvalue weighted by atomic mass is 10.1. The molecular weight excluding hydrogens is 297 g/mol. The lowest BCUT2D eigenvalue weighted by Gasteiger charge is -2.34. The largest absolute Gasteiger partial charge is 0.390 e. The molecule has 1 aromatic carbocycles. The van der Waals surface area contributed by atoms with Crippen molar-refractivity contribution in [2.45, 2.75) is 13.0 Å². The summed E-state index contributed by atoms with van der Waals surface area (Å²) in [7, 11) is 3.67. The zero-order valence-electron chi connectivity index (χ0n) is 14.1. The monoisotopic (exact) mass is 323 g/mol. The molecule has 1 amide bonds. The van der Waals surface area contributed by atoms with E-state index in [1.165, 1.54) is 11.0 Å². The van der Waals surface area contributed by atoms with Gasteiger partial charge < -0.3 is 14.9 Å². The molecule has 1 atom stereocenters. The van der Waals surface area contributed by atoms with Crippen LogP contribution in [0.3, 0.4) is 0 Å². The lowest BCUT2D eigenvalue weighted by molar-refractivity contribution is 0.0499. The molecule has 1 unspecified atom stereocenters. The summed E-state index contributed by atoms with van der Waals surface area (Å²) in [5.74, 6) is -0.887. The molecular formula is C17H26FN3O2. The van der Waals surface area contributed by atoms with Gasteiger partial charge in [0.05, 0.1) is 11.7 Å². The molecule has 2 rings (SSSR count). The van der Waals surface area contributed by atoms with Crippen LogP contribution in [0.1, 0.15) is 15.9 Å². The lowest BCUT2D eigenvalue weighted by Crippen LogP contribution is -2.49. The van der Waals surface area contributed by atoms with Gasteiger partial charge in [-0.3, -0.25) is 9.69 Å². The minimum Gasteiger partial charge on any atom is -0.390 e. The normalized spacial score (nSPS) is 18.0. The fourth-order valence-corrected chi connectivity index (χ4v) is 2.80. The molecule has 1 fully saturated rings. The third-order valence-corrected chi connectivity index (χ3v) is 4.32. The second-order valence-electron chi connectivity index (χ2n) is 6.38. The van der Waals surface area contributed by atoms with Gasteiger partial charge in [0.25, 0.3) is 5.91 Å². The van der Waals surface area contributed by atoms with Crippen molar-refractivity contribution in [1.29, 1.82) is 0 Å². The van der Waals surface area contributed by atoms with E-state index in [1.54, 1.807) is 26.1 Å². The SMILES string of the molecule is Cc1cccc(C(=O)N(C)CC(O)CN2CCN(C)CC2)c1F. The molecule has 0 spiro atoms. The molecule has 23 heavy (non-hydrogen) atoms. The molecule has 5 nitrogen and oxygen atoms in total. The number of β-amino-alcohol motifs (C(OH)–C–C–N with tert-alkyl or cyclic N) is 1. The number of rotatable bonds is 5. The smallest absolute Gasteiger partial charge is 0.256 e. The van der Waals surface area contributed by atoms with Gasteiger partial charge in [-0.25, -0.2) is 4.39 Å². The Labute approximate surface area is 137 Å². The van der Waals surface area contributed by atoms with Crippen molar-refractivity contribution in [3.8, 4) is 0 Å². The Balaban J connectivity index is 1.89. The Morgan fingerprint density at radius 1 is 1.35 bits per heavy atom. The van der Waals surface area contributed by atoms with E-state index < -0.39 is 17.8 Å². The van der Waals surface area contributed by atoms with Crippen molar-refractivity contribution in [2.24, 2.45) is 0 Å². The van der Waals surface area contributed by atoms with Crippen molar-refractivity contribution >= 4 is 5.91 Å². The topological polar surface area (TPSA) is 47.0 Å². The zero-order chi connectivity index (χ0) is 17.0. The standard InChI is InChI=1S/C17H26FN3O2/c1-13-5-4-6-15(16(13)18)17(23)20(3)11-14(22)12-21-9-7-19(2)8-10-21/h4-6,14,22H,7-12H2,1-3H3. The molecule has 1 saturated heterocycles. The number of piperazine rings is 1. The third-order valence-electron chi connectivity index (χ3n) is 4.32. The Morgan fingerprint density at radius 2 is 2.00 bits per heavy atom. The van der Waals surface area contributed by atoms with Crippen LogP contribution in [0.2, 0.25) is 0 Å². The van der Waals surface area contributed by atoms with Crippen LogP contribution in [0.5, 0.6) is 0 Å². The Morgan fingerprint density at radius 3 is 2.65 bits per heavy atom. The highest BCUT2D eigenvalue weighted by Gasteiger charge is 2.22. The highest BCUT2D eigenvalue weighted by atomic mass is 19.1. The number of amides is 1. The molecule has 1 heterocycles. The summed E-state index contributed by atoms with van der Waals surface area (Å²) in [5, 5.41) is 10.2. The number of halogens is 1. The average molecular weight is 323 g/mol. The first-order chi connectivity index (χ1) is 10.9. The van der Waals surface area contributed by atoms with Gasteiger partial charge in [0.1, 0.15) is 5.82 Å². The van der Waals surface area contributed by atoms with E-state index in [-0.39, 0.29) is 12.1 Å². The van der Waals surface area contributed by atoms with E-state index in [9.17, 15) is 14.3 Å². The molecule has 0 bridgehead atoms. The number of hydrogen-bond acceptors (Lipinski definition) is 4. The van der Waals surface area contributed by atoms with Crippen LogP contribution >= 0.6 is 0 Å². The second kappa shape index (κ2) is 7.86. The van der Waals surface area contributed by atoms with E-state index in [0.29, 0.717) is 12.1 Å². The van der Waals surface area contributed by atoms with Gasteiger partial charge in [0, 0.05) is 46.3 Å². The van der Waals surface area contributed by atoms with E-state index in [0.717, 1.165) is 26.2 Å². The van der Waals surface area contributed by atoms with Crippen LogP contribution in [0.25, 0.3) is 0 Å². The maximum atomic E-state index is 14.0. The number of nitrogens with zero attached hydrogens (tertiary/aromatic N) is 3. The van der Waals surface area contributed by atoms with Crippen LogP contribution < -0.4 is 0 Å². The minimum absolute atomic E-state index is 0.0549. The maximum absolute atomic E-state index is 14.0. The summed E-state index contributed by atoms with van der Waals surface area (Å²) in [5.41, 5.74) is 0.501. The quantitative estimate of drug-likeness (QED) is 0.871. The molecule has 1 aliphatic rings. The first-order valence-electron chi connectivity index (χ1n) is 7.98. The molecule has 6 heteroatoms. The van der Waals surface area contributed by atoms with Gasteiger partial charge >= 0.3 is 0 Å². The Bertz CT molecular complexity index is 545. The van der Waals surface area contributed by atoms with E-state index in [4.69, 9.17) is 0 Å². The van der Waals surface area contributed by atoms with Gasteiger partial charge in [-0.2, -0.15) is 0 Å². The first kappa shape index (κ1) is 17.8.